The van der Waals surface area contributed by atoms with Crippen LogP contribution in [0.5, 0.6) is 0 Å². The van der Waals surface area contributed by atoms with E-state index < -0.39 is 12.4 Å². The first-order valence-electron chi connectivity index (χ1n) is 7.03. The first-order chi connectivity index (χ1) is 11.0. The van der Waals surface area contributed by atoms with Crippen molar-refractivity contribution in [3.63, 3.8) is 0 Å². The average Bonchev–Trinajstić information content (AvgIpc) is 2.55. The van der Waals surface area contributed by atoms with E-state index >= 15 is 0 Å². The standard InChI is InChI=1S/C9H12N2O.C7H8N2O2/c1-4-12-8(3)9-10-6-5-7(2)11-9;1-5-2-3-8-7(9-5)6(11)4-10/h5-6H,3-4H2,1-2H3;2-3,10H,4H2,1H3. The number of hydrogen-bond donors (Lipinski definition) is 1. The van der Waals surface area contributed by atoms with Crippen LogP contribution in [-0.2, 0) is 4.74 Å². The summed E-state index contributed by atoms with van der Waals surface area (Å²) in [6.07, 6.45) is 3.19. The van der Waals surface area contributed by atoms with Gasteiger partial charge in [0, 0.05) is 23.8 Å². The molecule has 0 radical (unpaired) electrons. The average molecular weight is 316 g/mol. The molecule has 0 atom stereocenters. The Hall–Kier alpha value is -2.67. The molecule has 122 valence electrons. The van der Waals surface area contributed by atoms with Gasteiger partial charge in [-0.25, -0.2) is 19.9 Å². The zero-order chi connectivity index (χ0) is 17.2. The predicted molar refractivity (Wildman–Crippen MR) is 85.6 cm³/mol. The fourth-order valence-corrected chi connectivity index (χ4v) is 1.48. The third-order valence-corrected chi connectivity index (χ3v) is 2.55. The Balaban J connectivity index is 0.000000231. The monoisotopic (exact) mass is 316 g/mol. The Morgan fingerprint density at radius 1 is 1.13 bits per heavy atom. The number of aliphatic hydroxyl groups excluding tert-OH is 1. The van der Waals surface area contributed by atoms with Crippen molar-refractivity contribution in [2.75, 3.05) is 13.2 Å². The predicted octanol–water partition coefficient (Wildman–Crippen LogP) is 1.75. The molecule has 0 aliphatic rings. The van der Waals surface area contributed by atoms with Crippen molar-refractivity contribution in [3.05, 3.63) is 54.1 Å². The van der Waals surface area contributed by atoms with Crippen molar-refractivity contribution < 1.29 is 14.6 Å². The number of Topliss-reactive ketones (excluding diaryl/α,β-unsaturated/α-hetero) is 1. The van der Waals surface area contributed by atoms with Crippen LogP contribution in [0.2, 0.25) is 0 Å². The number of ketones is 1. The van der Waals surface area contributed by atoms with Crippen LogP contribution in [0.15, 0.2) is 31.1 Å². The summed E-state index contributed by atoms with van der Waals surface area (Å²) in [5.41, 5.74) is 1.64. The molecule has 0 amide bonds. The largest absolute Gasteiger partial charge is 0.491 e. The lowest BCUT2D eigenvalue weighted by atomic mass is 10.3. The van der Waals surface area contributed by atoms with Crippen molar-refractivity contribution in [1.29, 1.82) is 0 Å². The summed E-state index contributed by atoms with van der Waals surface area (Å²) >= 11 is 0. The van der Waals surface area contributed by atoms with Crippen LogP contribution in [-0.4, -0.2) is 44.0 Å². The fourth-order valence-electron chi connectivity index (χ4n) is 1.48. The molecule has 23 heavy (non-hydrogen) atoms. The molecule has 2 heterocycles. The molecule has 2 rings (SSSR count). The summed E-state index contributed by atoms with van der Waals surface area (Å²) < 4.78 is 5.16. The molecule has 0 aliphatic carbocycles. The van der Waals surface area contributed by atoms with Gasteiger partial charge in [-0.1, -0.05) is 6.58 Å². The molecule has 0 fully saturated rings. The highest BCUT2D eigenvalue weighted by molar-refractivity contribution is 5.93. The SMILES string of the molecule is C=C(OCC)c1nccc(C)n1.Cc1ccnc(C(=O)CO)n1. The molecule has 0 unspecified atom stereocenters. The van der Waals surface area contributed by atoms with E-state index in [1.807, 2.05) is 19.9 Å². The molecule has 0 bridgehead atoms. The number of aryl methyl sites for hydroxylation is 2. The number of rotatable bonds is 5. The number of aromatic nitrogens is 4. The quantitative estimate of drug-likeness (QED) is 0.662. The third kappa shape index (κ3) is 6.31. The topological polar surface area (TPSA) is 98.1 Å². The summed E-state index contributed by atoms with van der Waals surface area (Å²) in [4.78, 5) is 26.5. The van der Waals surface area contributed by atoms with Crippen LogP contribution in [0.4, 0.5) is 0 Å². The van der Waals surface area contributed by atoms with E-state index in [9.17, 15) is 4.79 Å². The van der Waals surface area contributed by atoms with Gasteiger partial charge in [-0.15, -0.1) is 0 Å². The van der Waals surface area contributed by atoms with Crippen LogP contribution in [0.3, 0.4) is 0 Å². The Kier molecular flexibility index (Phi) is 7.49. The summed E-state index contributed by atoms with van der Waals surface area (Å²) in [6, 6.07) is 3.52. The summed E-state index contributed by atoms with van der Waals surface area (Å²) in [7, 11) is 0. The van der Waals surface area contributed by atoms with E-state index in [1.54, 1.807) is 19.2 Å². The first-order valence-corrected chi connectivity index (χ1v) is 7.03. The van der Waals surface area contributed by atoms with Gasteiger partial charge in [-0.05, 0) is 32.9 Å². The lowest BCUT2D eigenvalue weighted by Crippen LogP contribution is -2.09. The molecule has 7 heteroatoms. The molecular weight excluding hydrogens is 296 g/mol. The van der Waals surface area contributed by atoms with Crippen molar-refractivity contribution in [2.45, 2.75) is 20.8 Å². The van der Waals surface area contributed by atoms with E-state index in [-0.39, 0.29) is 5.82 Å². The smallest absolute Gasteiger partial charge is 0.225 e. The molecule has 0 aromatic carbocycles. The van der Waals surface area contributed by atoms with Crippen molar-refractivity contribution in [3.8, 4) is 0 Å². The first kappa shape index (κ1) is 18.4. The van der Waals surface area contributed by atoms with Crippen LogP contribution in [0.25, 0.3) is 5.76 Å². The van der Waals surface area contributed by atoms with Gasteiger partial charge < -0.3 is 9.84 Å². The van der Waals surface area contributed by atoms with Crippen LogP contribution < -0.4 is 0 Å². The summed E-state index contributed by atoms with van der Waals surface area (Å²) in [6.45, 7) is 9.33. The normalized spacial score (nSPS) is 9.57. The Morgan fingerprint density at radius 3 is 2.13 bits per heavy atom. The highest BCUT2D eigenvalue weighted by Crippen LogP contribution is 2.07. The van der Waals surface area contributed by atoms with Crippen LogP contribution in [0.1, 0.15) is 34.8 Å². The molecule has 0 aliphatic heterocycles. The lowest BCUT2D eigenvalue weighted by molar-refractivity contribution is 0.0893. The number of nitrogens with zero attached hydrogens (tertiary/aromatic N) is 4. The second-order valence-corrected chi connectivity index (χ2v) is 4.48. The Labute approximate surface area is 135 Å². The molecular formula is C16H20N4O3. The molecule has 2 aromatic rings. The Bertz CT molecular complexity index is 674. The highest BCUT2D eigenvalue weighted by atomic mass is 16.5. The minimum absolute atomic E-state index is 0.0764. The van der Waals surface area contributed by atoms with E-state index in [0.29, 0.717) is 18.2 Å². The van der Waals surface area contributed by atoms with Gasteiger partial charge in [0.05, 0.1) is 6.61 Å². The molecule has 7 nitrogen and oxygen atoms in total. The van der Waals surface area contributed by atoms with Gasteiger partial charge in [0.1, 0.15) is 6.61 Å². The van der Waals surface area contributed by atoms with Gasteiger partial charge >= 0.3 is 0 Å². The van der Waals surface area contributed by atoms with E-state index in [1.165, 1.54) is 6.20 Å². The second kappa shape index (κ2) is 9.37. The number of hydrogen-bond acceptors (Lipinski definition) is 7. The second-order valence-electron chi connectivity index (χ2n) is 4.48. The van der Waals surface area contributed by atoms with Gasteiger partial charge in [-0.3, -0.25) is 4.79 Å². The Morgan fingerprint density at radius 2 is 1.65 bits per heavy atom. The minimum Gasteiger partial charge on any atom is -0.491 e. The van der Waals surface area contributed by atoms with Crippen LogP contribution >= 0.6 is 0 Å². The third-order valence-electron chi connectivity index (χ3n) is 2.55. The molecule has 2 aromatic heterocycles. The summed E-state index contributed by atoms with van der Waals surface area (Å²) in [5, 5.41) is 8.45. The van der Waals surface area contributed by atoms with Gasteiger partial charge in [0.2, 0.25) is 5.78 Å². The maximum Gasteiger partial charge on any atom is 0.225 e. The van der Waals surface area contributed by atoms with Crippen molar-refractivity contribution in [1.82, 2.24) is 19.9 Å². The number of ether oxygens (including phenoxy) is 1. The van der Waals surface area contributed by atoms with Gasteiger partial charge in [0.15, 0.2) is 17.4 Å². The fraction of sp³-hybridized carbons (Fsp3) is 0.312. The van der Waals surface area contributed by atoms with E-state index in [0.717, 1.165) is 11.4 Å². The molecule has 0 spiro atoms. The molecule has 1 N–H and O–H groups in total. The molecule has 0 saturated heterocycles. The van der Waals surface area contributed by atoms with E-state index in [2.05, 4.69) is 26.5 Å². The van der Waals surface area contributed by atoms with E-state index in [4.69, 9.17) is 9.84 Å². The van der Waals surface area contributed by atoms with Gasteiger partial charge in [0.25, 0.3) is 0 Å². The number of aliphatic hydroxyl groups is 1. The maximum absolute atomic E-state index is 10.8. The van der Waals surface area contributed by atoms with Crippen molar-refractivity contribution >= 4 is 11.5 Å². The minimum atomic E-state index is -0.538. The number of carbonyl (C=O) groups is 1. The molecule has 0 saturated carbocycles. The van der Waals surface area contributed by atoms with Crippen molar-refractivity contribution in [2.24, 2.45) is 0 Å². The number of carbonyl (C=O) groups excluding carboxylic acids is 1. The highest BCUT2D eigenvalue weighted by Gasteiger charge is 2.05. The lowest BCUT2D eigenvalue weighted by Gasteiger charge is -2.04. The summed E-state index contributed by atoms with van der Waals surface area (Å²) in [5.74, 6) is 0.722. The zero-order valence-corrected chi connectivity index (χ0v) is 13.5. The zero-order valence-electron chi connectivity index (χ0n) is 13.5. The van der Waals surface area contributed by atoms with Crippen LogP contribution in [0, 0.1) is 13.8 Å². The maximum atomic E-state index is 10.8. The van der Waals surface area contributed by atoms with Gasteiger partial charge in [-0.2, -0.15) is 0 Å².